The van der Waals surface area contributed by atoms with Gasteiger partial charge in [-0.05, 0) is 42.0 Å². The van der Waals surface area contributed by atoms with Crippen molar-refractivity contribution in [1.82, 2.24) is 5.32 Å². The lowest BCUT2D eigenvalue weighted by Crippen LogP contribution is -2.30. The molecule has 35 heavy (non-hydrogen) atoms. The van der Waals surface area contributed by atoms with Crippen LogP contribution in [-0.4, -0.2) is 49.2 Å². The number of carbonyl (C=O) groups is 3. The molecule has 0 aliphatic carbocycles. The second kappa shape index (κ2) is 8.93. The van der Waals surface area contributed by atoms with Gasteiger partial charge in [-0.15, -0.1) is 0 Å². The van der Waals surface area contributed by atoms with E-state index in [2.05, 4.69) is 11.4 Å². The Morgan fingerprint density at radius 2 is 1.74 bits per heavy atom. The third-order valence-corrected chi connectivity index (χ3v) is 5.79. The first kappa shape index (κ1) is 22.1. The van der Waals surface area contributed by atoms with Crippen LogP contribution in [0.4, 0.5) is 5.69 Å². The van der Waals surface area contributed by atoms with Gasteiger partial charge in [-0.25, -0.2) is 4.90 Å². The van der Waals surface area contributed by atoms with E-state index < -0.39 is 17.7 Å². The first-order valence-corrected chi connectivity index (χ1v) is 10.9. The molecule has 2 heterocycles. The Morgan fingerprint density at radius 3 is 2.51 bits per heavy atom. The highest BCUT2D eigenvalue weighted by atomic mass is 16.6. The Hall–Kier alpha value is -4.68. The summed E-state index contributed by atoms with van der Waals surface area (Å²) < 4.78 is 11.2. The molecule has 0 radical (unpaired) electrons. The lowest BCUT2D eigenvalue weighted by Gasteiger charge is -2.20. The van der Waals surface area contributed by atoms with Gasteiger partial charge in [0, 0.05) is 17.7 Å². The number of aliphatic hydroxyl groups is 1. The second-order valence-corrected chi connectivity index (χ2v) is 7.86. The van der Waals surface area contributed by atoms with E-state index in [1.165, 1.54) is 24.3 Å². The third kappa shape index (κ3) is 3.76. The van der Waals surface area contributed by atoms with Crippen molar-refractivity contribution in [2.75, 3.05) is 31.3 Å². The van der Waals surface area contributed by atoms with Crippen LogP contribution >= 0.6 is 0 Å². The first-order chi connectivity index (χ1) is 17.0. The maximum atomic E-state index is 13.3. The van der Waals surface area contributed by atoms with Crippen LogP contribution < -0.4 is 19.7 Å². The second-order valence-electron chi connectivity index (χ2n) is 7.86. The van der Waals surface area contributed by atoms with E-state index in [9.17, 15) is 19.6 Å². The summed E-state index contributed by atoms with van der Waals surface area (Å²) >= 11 is 0. The number of fused-ring (bicyclic) bond motifs is 2. The SMILES string of the molecule is N#Cc1c(-c2ccc3c(c2)OCCO3)cccc1N1C(=O)c2ccc(C(=O)NCCO)cc2C1=O. The Morgan fingerprint density at radius 1 is 0.971 bits per heavy atom. The summed E-state index contributed by atoms with van der Waals surface area (Å²) in [5.41, 5.74) is 1.90. The number of benzene rings is 3. The number of hydrogen-bond donors (Lipinski definition) is 2. The summed E-state index contributed by atoms with van der Waals surface area (Å²) in [6.45, 7) is 0.706. The molecule has 5 rings (SSSR count). The molecule has 174 valence electrons. The van der Waals surface area contributed by atoms with Crippen molar-refractivity contribution in [3.63, 3.8) is 0 Å². The van der Waals surface area contributed by atoms with Crippen molar-refractivity contribution in [3.05, 3.63) is 76.9 Å². The van der Waals surface area contributed by atoms with Crippen molar-refractivity contribution in [2.24, 2.45) is 0 Å². The zero-order chi connectivity index (χ0) is 24.5. The monoisotopic (exact) mass is 469 g/mol. The van der Waals surface area contributed by atoms with Crippen LogP contribution in [0.15, 0.2) is 54.6 Å². The smallest absolute Gasteiger partial charge is 0.266 e. The van der Waals surface area contributed by atoms with Crippen molar-refractivity contribution in [2.45, 2.75) is 0 Å². The van der Waals surface area contributed by atoms with Crippen molar-refractivity contribution in [3.8, 4) is 28.7 Å². The van der Waals surface area contributed by atoms with E-state index in [1.54, 1.807) is 30.3 Å². The van der Waals surface area contributed by atoms with Crippen LogP contribution in [0.2, 0.25) is 0 Å². The molecule has 0 spiro atoms. The Kier molecular flexibility index (Phi) is 5.65. The molecule has 0 unspecified atom stereocenters. The molecule has 2 N–H and O–H groups in total. The molecule has 3 aromatic carbocycles. The normalized spacial score (nSPS) is 13.9. The summed E-state index contributed by atoms with van der Waals surface area (Å²) in [6.07, 6.45) is 0. The number of carbonyl (C=O) groups excluding carboxylic acids is 3. The van der Waals surface area contributed by atoms with Gasteiger partial charge < -0.3 is 19.9 Å². The molecule has 0 aromatic heterocycles. The van der Waals surface area contributed by atoms with Crippen molar-refractivity contribution in [1.29, 1.82) is 5.26 Å². The Labute approximate surface area is 200 Å². The number of amides is 3. The average molecular weight is 469 g/mol. The minimum atomic E-state index is -0.627. The summed E-state index contributed by atoms with van der Waals surface area (Å²) in [4.78, 5) is 39.7. The number of rotatable bonds is 5. The van der Waals surface area contributed by atoms with Gasteiger partial charge in [-0.3, -0.25) is 14.4 Å². The maximum absolute atomic E-state index is 13.3. The van der Waals surface area contributed by atoms with Gasteiger partial charge in [-0.2, -0.15) is 5.26 Å². The molecule has 3 amide bonds. The van der Waals surface area contributed by atoms with E-state index in [1.807, 2.05) is 0 Å². The molecule has 0 saturated carbocycles. The highest BCUT2D eigenvalue weighted by Crippen LogP contribution is 2.39. The predicted molar refractivity (Wildman–Crippen MR) is 125 cm³/mol. The van der Waals surface area contributed by atoms with Gasteiger partial charge >= 0.3 is 0 Å². The van der Waals surface area contributed by atoms with Crippen molar-refractivity contribution < 1.29 is 29.0 Å². The van der Waals surface area contributed by atoms with Crippen LogP contribution in [0.1, 0.15) is 36.6 Å². The van der Waals surface area contributed by atoms with Crippen LogP contribution in [0.5, 0.6) is 11.5 Å². The van der Waals surface area contributed by atoms with E-state index >= 15 is 0 Å². The summed E-state index contributed by atoms with van der Waals surface area (Å²) in [5.74, 6) is -0.524. The minimum absolute atomic E-state index is 0.0626. The first-order valence-electron chi connectivity index (χ1n) is 10.9. The summed E-state index contributed by atoms with van der Waals surface area (Å²) in [6, 6.07) is 16.6. The zero-order valence-corrected chi connectivity index (χ0v) is 18.4. The van der Waals surface area contributed by atoms with Crippen LogP contribution in [0.25, 0.3) is 11.1 Å². The average Bonchev–Trinajstić information content (AvgIpc) is 3.15. The fraction of sp³-hybridized carbons (Fsp3) is 0.154. The highest BCUT2D eigenvalue weighted by molar-refractivity contribution is 6.35. The van der Waals surface area contributed by atoms with E-state index in [-0.39, 0.29) is 41.1 Å². The Bertz CT molecular complexity index is 1430. The van der Waals surface area contributed by atoms with E-state index in [0.717, 1.165) is 4.90 Å². The topological polar surface area (TPSA) is 129 Å². The van der Waals surface area contributed by atoms with Gasteiger partial charge in [0.1, 0.15) is 19.3 Å². The number of anilines is 1. The zero-order valence-electron chi connectivity index (χ0n) is 18.4. The van der Waals surface area contributed by atoms with E-state index in [4.69, 9.17) is 14.6 Å². The predicted octanol–water partition coefficient (Wildman–Crippen LogP) is 2.52. The van der Waals surface area contributed by atoms with Gasteiger partial charge in [0.25, 0.3) is 17.7 Å². The van der Waals surface area contributed by atoms with Crippen LogP contribution in [0.3, 0.4) is 0 Å². The molecule has 0 saturated heterocycles. The number of nitrogens with one attached hydrogen (secondary N) is 1. The molecule has 9 heteroatoms. The molecule has 0 bridgehead atoms. The van der Waals surface area contributed by atoms with Gasteiger partial charge in [0.2, 0.25) is 0 Å². The number of hydrogen-bond acceptors (Lipinski definition) is 7. The molecular weight excluding hydrogens is 450 g/mol. The number of imide groups is 1. The van der Waals surface area contributed by atoms with Gasteiger partial charge in [0.05, 0.1) is 29.0 Å². The molecular formula is C26H19N3O6. The fourth-order valence-electron chi connectivity index (χ4n) is 4.17. The lowest BCUT2D eigenvalue weighted by molar-refractivity contribution is 0.0923. The largest absolute Gasteiger partial charge is 0.486 e. The highest BCUT2D eigenvalue weighted by Gasteiger charge is 2.38. The minimum Gasteiger partial charge on any atom is -0.486 e. The number of nitrogens with zero attached hydrogens (tertiary/aromatic N) is 2. The van der Waals surface area contributed by atoms with Crippen LogP contribution in [-0.2, 0) is 0 Å². The molecule has 3 aromatic rings. The molecule has 0 atom stereocenters. The molecule has 2 aliphatic heterocycles. The molecule has 0 fully saturated rings. The quantitative estimate of drug-likeness (QED) is 0.550. The standard InChI is InChI=1S/C26H19N3O6/c27-14-20-17(15-5-7-22-23(13-15)35-11-10-34-22)2-1-3-21(20)29-25(32)18-6-4-16(12-19(18)26(29)33)24(31)28-8-9-30/h1-7,12-13,30H,8-11H2,(H,28,31). The Balaban J connectivity index is 1.54. The number of ether oxygens (including phenoxy) is 2. The summed E-state index contributed by atoms with van der Waals surface area (Å²) in [7, 11) is 0. The summed E-state index contributed by atoms with van der Waals surface area (Å²) in [5, 5.41) is 21.4. The lowest BCUT2D eigenvalue weighted by atomic mass is 9.98. The molecule has 9 nitrogen and oxygen atoms in total. The molecule has 2 aliphatic rings. The van der Waals surface area contributed by atoms with Gasteiger partial charge in [-0.1, -0.05) is 18.2 Å². The van der Waals surface area contributed by atoms with Gasteiger partial charge in [0.15, 0.2) is 11.5 Å². The number of nitriles is 1. The third-order valence-electron chi connectivity index (χ3n) is 5.79. The van der Waals surface area contributed by atoms with Crippen molar-refractivity contribution >= 4 is 23.4 Å². The maximum Gasteiger partial charge on any atom is 0.266 e. The fourth-order valence-corrected chi connectivity index (χ4v) is 4.17. The van der Waals surface area contributed by atoms with Crippen LogP contribution in [0, 0.1) is 11.3 Å². The van der Waals surface area contributed by atoms with E-state index in [0.29, 0.717) is 35.8 Å². The number of aliphatic hydroxyl groups excluding tert-OH is 1.